The van der Waals surface area contributed by atoms with Crippen molar-refractivity contribution >= 4 is 5.91 Å². The summed E-state index contributed by atoms with van der Waals surface area (Å²) in [5.41, 5.74) is 0.550. The van der Waals surface area contributed by atoms with Gasteiger partial charge in [-0.3, -0.25) is 4.79 Å². The van der Waals surface area contributed by atoms with Crippen molar-refractivity contribution in [3.8, 4) is 0 Å². The van der Waals surface area contributed by atoms with Gasteiger partial charge >= 0.3 is 0 Å². The van der Waals surface area contributed by atoms with Gasteiger partial charge in [0.05, 0.1) is 0 Å². The lowest BCUT2D eigenvalue weighted by Crippen LogP contribution is -2.48. The molecule has 0 aromatic carbocycles. The van der Waals surface area contributed by atoms with E-state index in [-0.39, 0.29) is 0 Å². The van der Waals surface area contributed by atoms with Crippen molar-refractivity contribution in [3.05, 3.63) is 0 Å². The Labute approximate surface area is 156 Å². The van der Waals surface area contributed by atoms with E-state index in [4.69, 9.17) is 0 Å². The summed E-state index contributed by atoms with van der Waals surface area (Å²) >= 11 is 0. The van der Waals surface area contributed by atoms with Crippen LogP contribution < -0.4 is 0 Å². The number of unbranched alkanes of at least 4 members (excludes halogenated alkanes) is 1. The van der Waals surface area contributed by atoms with Crippen LogP contribution in [-0.2, 0) is 4.79 Å². The van der Waals surface area contributed by atoms with Crippen LogP contribution in [0.4, 0.5) is 0 Å². The Balaban J connectivity index is 1.62. The Morgan fingerprint density at radius 3 is 2.12 bits per heavy atom. The second kappa shape index (κ2) is 10.5. The maximum atomic E-state index is 12.1. The SMILES string of the molecule is CCCCC(C)CCCN1CCC2(CC1)CCN(C(=O)CCC)CC2. The minimum Gasteiger partial charge on any atom is -0.343 e. The summed E-state index contributed by atoms with van der Waals surface area (Å²) in [7, 11) is 0. The fourth-order valence-electron chi connectivity index (χ4n) is 4.71. The zero-order valence-corrected chi connectivity index (χ0v) is 17.2. The summed E-state index contributed by atoms with van der Waals surface area (Å²) in [6, 6.07) is 0. The summed E-state index contributed by atoms with van der Waals surface area (Å²) in [6.45, 7) is 12.7. The van der Waals surface area contributed by atoms with Crippen molar-refractivity contribution in [2.24, 2.45) is 11.3 Å². The standard InChI is InChI=1S/C22H42N2O/c1-4-6-9-20(3)10-7-15-23-16-11-22(12-17-23)13-18-24(19-14-22)21(25)8-5-2/h20H,4-19H2,1-3H3. The van der Waals surface area contributed by atoms with Gasteiger partial charge in [-0.2, -0.15) is 0 Å². The predicted octanol–water partition coefficient (Wildman–Crippen LogP) is 5.10. The third-order valence-electron chi connectivity index (χ3n) is 6.78. The Morgan fingerprint density at radius 1 is 0.920 bits per heavy atom. The fourth-order valence-corrected chi connectivity index (χ4v) is 4.71. The number of rotatable bonds is 9. The van der Waals surface area contributed by atoms with Crippen molar-refractivity contribution < 1.29 is 4.79 Å². The molecule has 2 rings (SSSR count). The zero-order chi connectivity index (χ0) is 18.1. The molecule has 146 valence electrons. The first-order valence-electron chi connectivity index (χ1n) is 11.1. The summed E-state index contributed by atoms with van der Waals surface area (Å²) in [5.74, 6) is 1.29. The average molecular weight is 351 g/mol. The van der Waals surface area contributed by atoms with E-state index in [1.807, 2.05) is 0 Å². The molecule has 0 radical (unpaired) electrons. The fraction of sp³-hybridized carbons (Fsp3) is 0.955. The molecule has 3 heteroatoms. The van der Waals surface area contributed by atoms with Crippen LogP contribution in [0.5, 0.6) is 0 Å². The van der Waals surface area contributed by atoms with Gasteiger partial charge < -0.3 is 9.80 Å². The van der Waals surface area contributed by atoms with Crippen LogP contribution in [0.25, 0.3) is 0 Å². The van der Waals surface area contributed by atoms with Gasteiger partial charge in [0, 0.05) is 19.5 Å². The molecule has 2 aliphatic heterocycles. The molecule has 2 heterocycles. The van der Waals surface area contributed by atoms with Crippen LogP contribution in [0.2, 0.25) is 0 Å². The maximum Gasteiger partial charge on any atom is 0.222 e. The predicted molar refractivity (Wildman–Crippen MR) is 107 cm³/mol. The molecule has 1 amide bonds. The van der Waals surface area contributed by atoms with E-state index < -0.39 is 0 Å². The van der Waals surface area contributed by atoms with Crippen molar-refractivity contribution in [2.75, 3.05) is 32.7 Å². The third kappa shape index (κ3) is 6.58. The van der Waals surface area contributed by atoms with Crippen LogP contribution in [0.15, 0.2) is 0 Å². The summed E-state index contributed by atoms with van der Waals surface area (Å²) in [6.07, 6.45) is 13.8. The number of likely N-dealkylation sites (tertiary alicyclic amines) is 2. The molecule has 2 saturated heterocycles. The van der Waals surface area contributed by atoms with Gasteiger partial charge in [0.2, 0.25) is 5.91 Å². The highest BCUT2D eigenvalue weighted by atomic mass is 16.2. The molecule has 0 aromatic rings. The van der Waals surface area contributed by atoms with E-state index in [9.17, 15) is 4.79 Å². The Kier molecular flexibility index (Phi) is 8.75. The Hall–Kier alpha value is -0.570. The van der Waals surface area contributed by atoms with Crippen LogP contribution in [-0.4, -0.2) is 48.4 Å². The summed E-state index contributed by atoms with van der Waals surface area (Å²) in [4.78, 5) is 16.9. The maximum absolute atomic E-state index is 12.1. The van der Waals surface area contributed by atoms with Crippen molar-refractivity contribution in [2.45, 2.75) is 91.4 Å². The number of hydrogen-bond acceptors (Lipinski definition) is 2. The molecular weight excluding hydrogens is 308 g/mol. The van der Waals surface area contributed by atoms with Gasteiger partial charge in [-0.25, -0.2) is 0 Å². The lowest BCUT2D eigenvalue weighted by Gasteiger charge is -2.47. The number of carbonyl (C=O) groups excluding carboxylic acids is 1. The molecular formula is C22H42N2O. The monoisotopic (exact) mass is 350 g/mol. The largest absolute Gasteiger partial charge is 0.343 e. The Morgan fingerprint density at radius 2 is 1.52 bits per heavy atom. The average Bonchev–Trinajstić information content (AvgIpc) is 2.62. The third-order valence-corrected chi connectivity index (χ3v) is 6.78. The molecule has 1 atom stereocenters. The smallest absolute Gasteiger partial charge is 0.222 e. The first kappa shape index (κ1) is 20.7. The van der Waals surface area contributed by atoms with E-state index in [1.165, 1.54) is 77.4 Å². The molecule has 3 nitrogen and oxygen atoms in total. The molecule has 0 aliphatic carbocycles. The van der Waals surface area contributed by atoms with Crippen LogP contribution >= 0.6 is 0 Å². The molecule has 2 aliphatic rings. The van der Waals surface area contributed by atoms with E-state index in [2.05, 4.69) is 30.6 Å². The number of amides is 1. The quantitative estimate of drug-likeness (QED) is 0.578. The van der Waals surface area contributed by atoms with Gasteiger partial charge in [-0.15, -0.1) is 0 Å². The number of piperidine rings is 2. The van der Waals surface area contributed by atoms with Gasteiger partial charge in [0.1, 0.15) is 0 Å². The molecule has 0 N–H and O–H groups in total. The first-order chi connectivity index (χ1) is 12.1. The highest BCUT2D eigenvalue weighted by molar-refractivity contribution is 5.76. The van der Waals surface area contributed by atoms with Gasteiger partial charge in [0.25, 0.3) is 0 Å². The van der Waals surface area contributed by atoms with Gasteiger partial charge in [-0.1, -0.05) is 40.0 Å². The lowest BCUT2D eigenvalue weighted by atomic mass is 9.71. The molecule has 25 heavy (non-hydrogen) atoms. The van der Waals surface area contributed by atoms with Crippen molar-refractivity contribution in [1.82, 2.24) is 9.80 Å². The summed E-state index contributed by atoms with van der Waals surface area (Å²) < 4.78 is 0. The molecule has 0 saturated carbocycles. The van der Waals surface area contributed by atoms with Crippen molar-refractivity contribution in [3.63, 3.8) is 0 Å². The molecule has 2 fully saturated rings. The van der Waals surface area contributed by atoms with Crippen LogP contribution in [0, 0.1) is 11.3 Å². The van der Waals surface area contributed by atoms with Gasteiger partial charge in [-0.05, 0) is 75.9 Å². The lowest BCUT2D eigenvalue weighted by molar-refractivity contribution is -0.134. The van der Waals surface area contributed by atoms with Crippen LogP contribution in [0.1, 0.15) is 91.4 Å². The van der Waals surface area contributed by atoms with E-state index in [0.717, 1.165) is 31.8 Å². The highest BCUT2D eigenvalue weighted by Gasteiger charge is 2.38. The molecule has 1 unspecified atom stereocenters. The molecule has 0 aromatic heterocycles. The van der Waals surface area contributed by atoms with Crippen LogP contribution in [0.3, 0.4) is 0 Å². The van der Waals surface area contributed by atoms with E-state index in [1.54, 1.807) is 0 Å². The molecule has 0 bridgehead atoms. The summed E-state index contributed by atoms with van der Waals surface area (Å²) in [5, 5.41) is 0. The topological polar surface area (TPSA) is 23.6 Å². The van der Waals surface area contributed by atoms with Gasteiger partial charge in [0.15, 0.2) is 0 Å². The number of nitrogens with zero attached hydrogens (tertiary/aromatic N) is 2. The highest BCUT2D eigenvalue weighted by Crippen LogP contribution is 2.41. The molecule has 1 spiro atoms. The number of hydrogen-bond donors (Lipinski definition) is 0. The minimum atomic E-state index is 0.381. The first-order valence-corrected chi connectivity index (χ1v) is 11.1. The second-order valence-electron chi connectivity index (χ2n) is 8.86. The van der Waals surface area contributed by atoms with E-state index in [0.29, 0.717) is 11.3 Å². The van der Waals surface area contributed by atoms with Crippen molar-refractivity contribution in [1.29, 1.82) is 0 Å². The minimum absolute atomic E-state index is 0.381. The normalized spacial score (nSPS) is 22.3. The zero-order valence-electron chi connectivity index (χ0n) is 17.2. The van der Waals surface area contributed by atoms with E-state index >= 15 is 0 Å². The second-order valence-corrected chi connectivity index (χ2v) is 8.86. The number of carbonyl (C=O) groups is 1. The Bertz CT molecular complexity index is 377.